The molecule has 0 amide bonds. The first kappa shape index (κ1) is 15.8. The zero-order valence-electron chi connectivity index (χ0n) is 12.5. The van der Waals surface area contributed by atoms with Gasteiger partial charge in [0, 0.05) is 13.7 Å². The van der Waals surface area contributed by atoms with Gasteiger partial charge in [-0.2, -0.15) is 0 Å². The van der Waals surface area contributed by atoms with Crippen molar-refractivity contribution >= 4 is 5.97 Å². The number of carboxylic acids is 1. The molecule has 21 heavy (non-hydrogen) atoms. The van der Waals surface area contributed by atoms with Crippen LogP contribution in [0.25, 0.3) is 0 Å². The fourth-order valence-electron chi connectivity index (χ4n) is 2.63. The number of carbonyl (C=O) groups is 1. The van der Waals surface area contributed by atoms with Crippen molar-refractivity contribution in [1.82, 2.24) is 4.90 Å². The average molecular weight is 293 g/mol. The van der Waals surface area contributed by atoms with Crippen molar-refractivity contribution in [1.29, 1.82) is 0 Å². The first-order valence-electron chi connectivity index (χ1n) is 7.38. The smallest absolute Gasteiger partial charge is 0.320 e. The summed E-state index contributed by atoms with van der Waals surface area (Å²) >= 11 is 0. The third-order valence-corrected chi connectivity index (χ3v) is 3.76. The molecule has 1 fully saturated rings. The van der Waals surface area contributed by atoms with Gasteiger partial charge in [-0.1, -0.05) is 18.6 Å². The van der Waals surface area contributed by atoms with E-state index in [-0.39, 0.29) is 6.04 Å². The summed E-state index contributed by atoms with van der Waals surface area (Å²) in [7, 11) is 1.64. The molecule has 1 aromatic carbocycles. The van der Waals surface area contributed by atoms with Crippen molar-refractivity contribution in [3.63, 3.8) is 0 Å². The van der Waals surface area contributed by atoms with E-state index in [1.807, 2.05) is 29.2 Å². The summed E-state index contributed by atoms with van der Waals surface area (Å²) in [5.41, 5.74) is 1.11. The molecule has 0 spiro atoms. The Kier molecular flexibility index (Phi) is 6.02. The van der Waals surface area contributed by atoms with Crippen molar-refractivity contribution in [2.24, 2.45) is 0 Å². The number of rotatable bonds is 7. The number of aliphatic carboxylic acids is 1. The summed E-state index contributed by atoms with van der Waals surface area (Å²) in [6.45, 7) is 2.62. The lowest BCUT2D eigenvalue weighted by molar-refractivity contribution is -0.144. The maximum absolute atomic E-state index is 11.3. The van der Waals surface area contributed by atoms with Crippen LogP contribution in [-0.4, -0.2) is 48.9 Å². The van der Waals surface area contributed by atoms with Crippen LogP contribution >= 0.6 is 0 Å². The van der Waals surface area contributed by atoms with E-state index in [4.69, 9.17) is 9.47 Å². The van der Waals surface area contributed by atoms with Gasteiger partial charge in [-0.25, -0.2) is 0 Å². The second kappa shape index (κ2) is 8.00. The molecule has 0 aliphatic carbocycles. The fourth-order valence-corrected chi connectivity index (χ4v) is 2.63. The van der Waals surface area contributed by atoms with Gasteiger partial charge in [0.1, 0.15) is 18.4 Å². The standard InChI is InChI=1S/C16H23NO4/c1-20-10-11-21-14-7-5-13(6-8-14)12-17-9-3-2-4-15(17)16(18)19/h5-8,15H,2-4,9-12H2,1H3,(H,18,19). The van der Waals surface area contributed by atoms with E-state index < -0.39 is 5.97 Å². The van der Waals surface area contributed by atoms with Gasteiger partial charge in [0.15, 0.2) is 0 Å². The lowest BCUT2D eigenvalue weighted by Gasteiger charge is -2.32. The topological polar surface area (TPSA) is 59.0 Å². The number of benzene rings is 1. The minimum Gasteiger partial charge on any atom is -0.491 e. The number of carboxylic acid groups (broad SMARTS) is 1. The third-order valence-electron chi connectivity index (χ3n) is 3.76. The molecule has 0 bridgehead atoms. The Labute approximate surface area is 125 Å². The predicted octanol–water partition coefficient (Wildman–Crippen LogP) is 2.15. The molecule has 1 aliphatic heterocycles. The van der Waals surface area contributed by atoms with Crippen LogP contribution in [0.2, 0.25) is 0 Å². The van der Waals surface area contributed by atoms with Crippen LogP contribution in [0.1, 0.15) is 24.8 Å². The van der Waals surface area contributed by atoms with Gasteiger partial charge in [0.2, 0.25) is 0 Å². The molecule has 1 N–H and O–H groups in total. The van der Waals surface area contributed by atoms with Gasteiger partial charge in [-0.05, 0) is 37.1 Å². The molecule has 1 atom stereocenters. The number of nitrogens with zero attached hydrogens (tertiary/aromatic N) is 1. The van der Waals surface area contributed by atoms with Gasteiger partial charge in [0.05, 0.1) is 6.61 Å². The van der Waals surface area contributed by atoms with Crippen LogP contribution in [0.15, 0.2) is 24.3 Å². The van der Waals surface area contributed by atoms with E-state index >= 15 is 0 Å². The van der Waals surface area contributed by atoms with Crippen molar-refractivity contribution in [3.8, 4) is 5.75 Å². The predicted molar refractivity (Wildman–Crippen MR) is 79.5 cm³/mol. The minimum absolute atomic E-state index is 0.351. The molecule has 1 aromatic rings. The molecular weight excluding hydrogens is 270 g/mol. The lowest BCUT2D eigenvalue weighted by atomic mass is 10.0. The molecule has 5 heteroatoms. The zero-order chi connectivity index (χ0) is 15.1. The molecule has 5 nitrogen and oxygen atoms in total. The molecule has 1 heterocycles. The van der Waals surface area contributed by atoms with E-state index in [0.29, 0.717) is 19.8 Å². The highest BCUT2D eigenvalue weighted by atomic mass is 16.5. The van der Waals surface area contributed by atoms with Crippen LogP contribution in [0.4, 0.5) is 0 Å². The summed E-state index contributed by atoms with van der Waals surface area (Å²) in [5.74, 6) is 0.0958. The second-order valence-corrected chi connectivity index (χ2v) is 5.31. The van der Waals surface area contributed by atoms with E-state index in [0.717, 1.165) is 37.1 Å². The van der Waals surface area contributed by atoms with Crippen molar-refractivity contribution in [2.45, 2.75) is 31.8 Å². The Bertz CT molecular complexity index is 446. The Hall–Kier alpha value is -1.59. The van der Waals surface area contributed by atoms with Crippen LogP contribution < -0.4 is 4.74 Å². The SMILES string of the molecule is COCCOc1ccc(CN2CCCCC2C(=O)O)cc1. The molecule has 1 aliphatic rings. The minimum atomic E-state index is -0.714. The summed E-state index contributed by atoms with van der Waals surface area (Å²) in [4.78, 5) is 13.3. The number of hydrogen-bond acceptors (Lipinski definition) is 4. The Morgan fingerprint density at radius 3 is 2.71 bits per heavy atom. The molecule has 0 saturated carbocycles. The summed E-state index contributed by atoms with van der Waals surface area (Å²) in [6.07, 6.45) is 2.81. The zero-order valence-corrected chi connectivity index (χ0v) is 12.5. The number of likely N-dealkylation sites (tertiary alicyclic amines) is 1. The molecule has 2 rings (SSSR count). The van der Waals surface area contributed by atoms with Crippen LogP contribution in [0.3, 0.4) is 0 Å². The maximum atomic E-state index is 11.3. The normalized spacial score (nSPS) is 19.4. The molecule has 1 saturated heterocycles. The van der Waals surface area contributed by atoms with Gasteiger partial charge in [0.25, 0.3) is 0 Å². The van der Waals surface area contributed by atoms with Gasteiger partial charge < -0.3 is 14.6 Å². The van der Waals surface area contributed by atoms with E-state index in [2.05, 4.69) is 0 Å². The number of hydrogen-bond donors (Lipinski definition) is 1. The Morgan fingerprint density at radius 2 is 2.05 bits per heavy atom. The summed E-state index contributed by atoms with van der Waals surface area (Å²) < 4.78 is 10.5. The molecule has 116 valence electrons. The van der Waals surface area contributed by atoms with E-state index in [1.54, 1.807) is 7.11 Å². The lowest BCUT2D eigenvalue weighted by Crippen LogP contribution is -2.43. The monoisotopic (exact) mass is 293 g/mol. The summed E-state index contributed by atoms with van der Waals surface area (Å²) in [6, 6.07) is 7.48. The maximum Gasteiger partial charge on any atom is 0.320 e. The quantitative estimate of drug-likeness (QED) is 0.781. The van der Waals surface area contributed by atoms with Crippen molar-refractivity contribution < 1.29 is 19.4 Å². The third kappa shape index (κ3) is 4.72. The highest BCUT2D eigenvalue weighted by Crippen LogP contribution is 2.21. The van der Waals surface area contributed by atoms with Crippen LogP contribution in [0.5, 0.6) is 5.75 Å². The highest BCUT2D eigenvalue weighted by molar-refractivity contribution is 5.73. The second-order valence-electron chi connectivity index (χ2n) is 5.31. The largest absolute Gasteiger partial charge is 0.491 e. The van der Waals surface area contributed by atoms with Crippen molar-refractivity contribution in [3.05, 3.63) is 29.8 Å². The Balaban J connectivity index is 1.91. The van der Waals surface area contributed by atoms with Gasteiger partial charge in [-0.3, -0.25) is 9.69 Å². The highest BCUT2D eigenvalue weighted by Gasteiger charge is 2.28. The molecule has 0 radical (unpaired) electrons. The summed E-state index contributed by atoms with van der Waals surface area (Å²) in [5, 5.41) is 9.28. The fraction of sp³-hybridized carbons (Fsp3) is 0.562. The van der Waals surface area contributed by atoms with Crippen LogP contribution in [0, 0.1) is 0 Å². The van der Waals surface area contributed by atoms with Gasteiger partial charge >= 0.3 is 5.97 Å². The van der Waals surface area contributed by atoms with Gasteiger partial charge in [-0.15, -0.1) is 0 Å². The van der Waals surface area contributed by atoms with Crippen LogP contribution in [-0.2, 0) is 16.1 Å². The average Bonchev–Trinajstić information content (AvgIpc) is 2.50. The molecule has 0 aromatic heterocycles. The first-order chi connectivity index (χ1) is 10.2. The molecular formula is C16H23NO4. The molecule has 1 unspecified atom stereocenters. The van der Waals surface area contributed by atoms with E-state index in [1.165, 1.54) is 0 Å². The first-order valence-corrected chi connectivity index (χ1v) is 7.38. The van der Waals surface area contributed by atoms with Crippen molar-refractivity contribution in [2.75, 3.05) is 26.9 Å². The number of piperidine rings is 1. The number of ether oxygens (including phenoxy) is 2. The Morgan fingerprint density at radius 1 is 1.29 bits per heavy atom. The van der Waals surface area contributed by atoms with E-state index in [9.17, 15) is 9.90 Å². The number of methoxy groups -OCH3 is 1.